The third-order valence-corrected chi connectivity index (χ3v) is 4.03. The normalized spacial score (nSPS) is 12.5. The minimum Gasteiger partial charge on any atom is -0.419 e. The summed E-state index contributed by atoms with van der Waals surface area (Å²) in [5.41, 5.74) is 3.43. The van der Waals surface area contributed by atoms with Crippen molar-refractivity contribution in [1.29, 1.82) is 0 Å². The molecule has 0 bridgehead atoms. The molecule has 1 heterocycles. The second-order valence-corrected chi connectivity index (χ2v) is 5.89. The standard InChI is InChI=1S/C19H21N3O/c1-14-9-11-17(12-10-14)19-21-20-18(23-19)15(2)22(3)13-16-7-5-4-6-8-16/h4-12,15H,13H2,1-3H3. The van der Waals surface area contributed by atoms with Crippen LogP contribution >= 0.6 is 0 Å². The number of benzene rings is 2. The van der Waals surface area contributed by atoms with Gasteiger partial charge in [-0.15, -0.1) is 10.2 Å². The lowest BCUT2D eigenvalue weighted by Crippen LogP contribution is -2.22. The number of nitrogens with zero attached hydrogens (tertiary/aromatic N) is 3. The summed E-state index contributed by atoms with van der Waals surface area (Å²) in [6.07, 6.45) is 0. The molecule has 23 heavy (non-hydrogen) atoms. The first-order valence-corrected chi connectivity index (χ1v) is 7.78. The van der Waals surface area contributed by atoms with Crippen LogP contribution in [-0.2, 0) is 6.54 Å². The van der Waals surface area contributed by atoms with E-state index in [-0.39, 0.29) is 6.04 Å². The fourth-order valence-electron chi connectivity index (χ4n) is 2.41. The van der Waals surface area contributed by atoms with E-state index in [4.69, 9.17) is 4.42 Å². The predicted molar refractivity (Wildman–Crippen MR) is 90.8 cm³/mol. The summed E-state index contributed by atoms with van der Waals surface area (Å²) in [5, 5.41) is 8.40. The molecule has 0 saturated heterocycles. The molecule has 0 spiro atoms. The highest BCUT2D eigenvalue weighted by Gasteiger charge is 2.19. The molecule has 1 atom stereocenters. The molecule has 2 aromatic carbocycles. The van der Waals surface area contributed by atoms with Crippen LogP contribution < -0.4 is 0 Å². The highest BCUT2D eigenvalue weighted by molar-refractivity contribution is 5.52. The molecule has 0 amide bonds. The molecule has 4 heteroatoms. The van der Waals surface area contributed by atoms with Gasteiger partial charge in [-0.2, -0.15) is 0 Å². The van der Waals surface area contributed by atoms with Gasteiger partial charge in [0, 0.05) is 12.1 Å². The summed E-state index contributed by atoms with van der Waals surface area (Å²) in [7, 11) is 2.06. The van der Waals surface area contributed by atoms with Gasteiger partial charge in [-0.3, -0.25) is 4.90 Å². The van der Waals surface area contributed by atoms with Crippen LogP contribution in [0.15, 0.2) is 59.0 Å². The maximum absolute atomic E-state index is 5.87. The molecule has 0 aliphatic rings. The maximum Gasteiger partial charge on any atom is 0.247 e. The Morgan fingerprint density at radius 1 is 1.00 bits per heavy atom. The van der Waals surface area contributed by atoms with Crippen LogP contribution in [0.5, 0.6) is 0 Å². The van der Waals surface area contributed by atoms with E-state index in [9.17, 15) is 0 Å². The number of rotatable bonds is 5. The lowest BCUT2D eigenvalue weighted by Gasteiger charge is -2.21. The quantitative estimate of drug-likeness (QED) is 0.707. The van der Waals surface area contributed by atoms with Gasteiger partial charge in [0.1, 0.15) is 0 Å². The number of hydrogen-bond donors (Lipinski definition) is 0. The molecule has 0 saturated carbocycles. The van der Waals surface area contributed by atoms with Crippen molar-refractivity contribution in [2.24, 2.45) is 0 Å². The fourth-order valence-corrected chi connectivity index (χ4v) is 2.41. The van der Waals surface area contributed by atoms with Gasteiger partial charge in [0.05, 0.1) is 6.04 Å². The molecule has 0 aliphatic carbocycles. The highest BCUT2D eigenvalue weighted by Crippen LogP contribution is 2.24. The second kappa shape index (κ2) is 6.75. The molecule has 3 aromatic rings. The van der Waals surface area contributed by atoms with Crippen LogP contribution in [0, 0.1) is 6.92 Å². The molecule has 1 unspecified atom stereocenters. The van der Waals surface area contributed by atoms with E-state index in [0.717, 1.165) is 12.1 Å². The van der Waals surface area contributed by atoms with Crippen molar-refractivity contribution >= 4 is 0 Å². The summed E-state index contributed by atoms with van der Waals surface area (Å²) in [6.45, 7) is 4.98. The zero-order chi connectivity index (χ0) is 16.2. The van der Waals surface area contributed by atoms with Gasteiger partial charge in [-0.1, -0.05) is 48.0 Å². The van der Waals surface area contributed by atoms with Gasteiger partial charge < -0.3 is 4.42 Å². The van der Waals surface area contributed by atoms with E-state index in [1.54, 1.807) is 0 Å². The smallest absolute Gasteiger partial charge is 0.247 e. The molecule has 3 rings (SSSR count). The first-order valence-electron chi connectivity index (χ1n) is 7.78. The van der Waals surface area contributed by atoms with Crippen molar-refractivity contribution in [2.75, 3.05) is 7.05 Å². The number of hydrogen-bond acceptors (Lipinski definition) is 4. The Morgan fingerprint density at radius 2 is 1.70 bits per heavy atom. The average molecular weight is 307 g/mol. The Labute approximate surface area is 136 Å². The topological polar surface area (TPSA) is 42.2 Å². The largest absolute Gasteiger partial charge is 0.419 e. The van der Waals surface area contributed by atoms with Crippen LogP contribution in [0.4, 0.5) is 0 Å². The van der Waals surface area contributed by atoms with E-state index < -0.39 is 0 Å². The van der Waals surface area contributed by atoms with Crippen molar-refractivity contribution in [3.63, 3.8) is 0 Å². The van der Waals surface area contributed by atoms with Crippen molar-refractivity contribution in [3.8, 4) is 11.5 Å². The van der Waals surface area contributed by atoms with Crippen molar-refractivity contribution in [1.82, 2.24) is 15.1 Å². The molecule has 1 aromatic heterocycles. The summed E-state index contributed by atoms with van der Waals surface area (Å²) < 4.78 is 5.87. The Hall–Kier alpha value is -2.46. The van der Waals surface area contributed by atoms with Crippen LogP contribution in [0.3, 0.4) is 0 Å². The lowest BCUT2D eigenvalue weighted by atomic mass is 10.1. The maximum atomic E-state index is 5.87. The van der Waals surface area contributed by atoms with E-state index >= 15 is 0 Å². The average Bonchev–Trinajstić information content (AvgIpc) is 3.05. The fraction of sp³-hybridized carbons (Fsp3) is 0.263. The van der Waals surface area contributed by atoms with E-state index in [1.165, 1.54) is 11.1 Å². The molecule has 0 N–H and O–H groups in total. The Bertz CT molecular complexity index is 750. The first kappa shape index (κ1) is 15.4. The highest BCUT2D eigenvalue weighted by atomic mass is 16.4. The monoisotopic (exact) mass is 307 g/mol. The third kappa shape index (κ3) is 3.66. The molecule has 118 valence electrons. The van der Waals surface area contributed by atoms with Gasteiger partial charge >= 0.3 is 0 Å². The zero-order valence-corrected chi connectivity index (χ0v) is 13.7. The SMILES string of the molecule is Cc1ccc(-c2nnc(C(C)N(C)Cc3ccccc3)o2)cc1. The minimum absolute atomic E-state index is 0.0573. The van der Waals surface area contributed by atoms with Crippen LogP contribution in [0.1, 0.15) is 30.0 Å². The summed E-state index contributed by atoms with van der Waals surface area (Å²) in [5.74, 6) is 1.21. The van der Waals surface area contributed by atoms with Crippen molar-refractivity contribution in [3.05, 3.63) is 71.6 Å². The lowest BCUT2D eigenvalue weighted by molar-refractivity contribution is 0.218. The van der Waals surface area contributed by atoms with Gasteiger partial charge in [0.2, 0.25) is 11.8 Å². The molecule has 0 aliphatic heterocycles. The van der Waals surface area contributed by atoms with Crippen LogP contribution in [0.2, 0.25) is 0 Å². The van der Waals surface area contributed by atoms with Crippen molar-refractivity contribution in [2.45, 2.75) is 26.4 Å². The molecular weight excluding hydrogens is 286 g/mol. The second-order valence-electron chi connectivity index (χ2n) is 5.89. The van der Waals surface area contributed by atoms with E-state index in [0.29, 0.717) is 11.8 Å². The van der Waals surface area contributed by atoms with Crippen LogP contribution in [0.25, 0.3) is 11.5 Å². The van der Waals surface area contributed by atoms with Gasteiger partial charge in [-0.05, 0) is 38.6 Å². The Kier molecular flexibility index (Phi) is 4.53. The van der Waals surface area contributed by atoms with Crippen LogP contribution in [-0.4, -0.2) is 22.1 Å². The van der Waals surface area contributed by atoms with E-state index in [1.807, 2.05) is 30.3 Å². The zero-order valence-electron chi connectivity index (χ0n) is 13.7. The van der Waals surface area contributed by atoms with Gasteiger partial charge in [-0.25, -0.2) is 0 Å². The van der Waals surface area contributed by atoms with Crippen molar-refractivity contribution < 1.29 is 4.42 Å². The number of aryl methyl sites for hydroxylation is 1. The minimum atomic E-state index is 0.0573. The number of aromatic nitrogens is 2. The third-order valence-electron chi connectivity index (χ3n) is 4.03. The molecular formula is C19H21N3O. The van der Waals surface area contributed by atoms with E-state index in [2.05, 4.69) is 60.3 Å². The summed E-state index contributed by atoms with van der Waals surface area (Å²) >= 11 is 0. The molecule has 0 fully saturated rings. The van der Waals surface area contributed by atoms with Gasteiger partial charge in [0.15, 0.2) is 0 Å². The Morgan fingerprint density at radius 3 is 2.39 bits per heavy atom. The predicted octanol–water partition coefficient (Wildman–Crippen LogP) is 4.24. The van der Waals surface area contributed by atoms with Gasteiger partial charge in [0.25, 0.3) is 0 Å². The first-order chi connectivity index (χ1) is 11.1. The molecule has 0 radical (unpaired) electrons. The summed E-state index contributed by atoms with van der Waals surface area (Å²) in [6, 6.07) is 18.5. The Balaban J connectivity index is 1.73. The summed E-state index contributed by atoms with van der Waals surface area (Å²) in [4.78, 5) is 2.20. The molecule has 4 nitrogen and oxygen atoms in total.